The van der Waals surface area contributed by atoms with E-state index < -0.39 is 0 Å². The number of fused-ring (bicyclic) bond motifs is 2. The van der Waals surface area contributed by atoms with E-state index >= 15 is 0 Å². The van der Waals surface area contributed by atoms with Crippen molar-refractivity contribution < 1.29 is 13.9 Å². The Balaban J connectivity index is 1.44. The standard InChI is InChI=1S/C30H29N3O3/c1-34-28-15-24(14-21(17-31)18-32-25-10-4-3-5-11-25)27-16-26(36-29(27)30(28)35-2)20-33-13-12-22-8-6-7-9-23(22)19-33/h3-11,15-16,18,32H,12-14,19-20H2,1-2H3. The van der Waals surface area contributed by atoms with Crippen molar-refractivity contribution in [2.45, 2.75) is 25.9 Å². The van der Waals surface area contributed by atoms with Gasteiger partial charge in [0.25, 0.3) is 0 Å². The molecule has 0 fully saturated rings. The first-order valence-corrected chi connectivity index (χ1v) is 12.0. The molecule has 0 spiro atoms. The third kappa shape index (κ3) is 4.93. The highest BCUT2D eigenvalue weighted by atomic mass is 16.5. The van der Waals surface area contributed by atoms with Crippen LogP contribution in [0.2, 0.25) is 0 Å². The molecule has 182 valence electrons. The number of hydrogen-bond acceptors (Lipinski definition) is 6. The van der Waals surface area contributed by atoms with Gasteiger partial charge in [-0.25, -0.2) is 0 Å². The Morgan fingerprint density at radius 1 is 1.06 bits per heavy atom. The van der Waals surface area contributed by atoms with Crippen LogP contribution in [0.15, 0.2) is 82.9 Å². The minimum Gasteiger partial charge on any atom is -0.493 e. The lowest BCUT2D eigenvalue weighted by Crippen LogP contribution is -2.29. The molecule has 0 atom stereocenters. The summed E-state index contributed by atoms with van der Waals surface area (Å²) < 4.78 is 17.6. The second kappa shape index (κ2) is 10.6. The lowest BCUT2D eigenvalue weighted by atomic mass is 10.00. The summed E-state index contributed by atoms with van der Waals surface area (Å²) in [6.07, 6.45) is 3.22. The normalized spacial score (nSPS) is 13.8. The Morgan fingerprint density at radius 3 is 2.58 bits per heavy atom. The molecule has 0 amide bonds. The van der Waals surface area contributed by atoms with E-state index in [0.29, 0.717) is 35.6 Å². The molecule has 6 nitrogen and oxygen atoms in total. The quantitative estimate of drug-likeness (QED) is 0.309. The van der Waals surface area contributed by atoms with E-state index in [9.17, 15) is 5.26 Å². The Labute approximate surface area is 211 Å². The van der Waals surface area contributed by atoms with E-state index in [4.69, 9.17) is 13.9 Å². The molecule has 0 radical (unpaired) electrons. The van der Waals surface area contributed by atoms with Crippen molar-refractivity contribution in [3.05, 3.63) is 101 Å². The van der Waals surface area contributed by atoms with Crippen LogP contribution in [0.25, 0.3) is 11.0 Å². The molecule has 0 aliphatic carbocycles. The first-order chi connectivity index (χ1) is 17.7. The summed E-state index contributed by atoms with van der Waals surface area (Å²) in [5.74, 6) is 2.01. The number of benzene rings is 3. The minimum atomic E-state index is 0.434. The SMILES string of the molecule is COc1cc(CC(C#N)=CNc2ccccc2)c2cc(CN3CCc4ccccc4C3)oc2c1OC. The van der Waals surface area contributed by atoms with Gasteiger partial charge in [0.2, 0.25) is 5.75 Å². The summed E-state index contributed by atoms with van der Waals surface area (Å²) in [6.45, 7) is 2.57. The van der Waals surface area contributed by atoms with Crippen molar-refractivity contribution in [2.75, 3.05) is 26.1 Å². The molecule has 1 aromatic heterocycles. The van der Waals surface area contributed by atoms with Crippen molar-refractivity contribution in [1.82, 2.24) is 4.90 Å². The van der Waals surface area contributed by atoms with Crippen LogP contribution >= 0.6 is 0 Å². The van der Waals surface area contributed by atoms with Gasteiger partial charge in [-0.05, 0) is 47.4 Å². The van der Waals surface area contributed by atoms with E-state index in [1.807, 2.05) is 36.4 Å². The number of furan rings is 1. The van der Waals surface area contributed by atoms with Crippen molar-refractivity contribution in [3.63, 3.8) is 0 Å². The molecule has 1 N–H and O–H groups in total. The number of hydrogen-bond donors (Lipinski definition) is 1. The summed E-state index contributed by atoms with van der Waals surface area (Å²) in [7, 11) is 3.23. The van der Waals surface area contributed by atoms with Gasteiger partial charge in [0, 0.05) is 42.4 Å². The number of para-hydroxylation sites is 1. The lowest BCUT2D eigenvalue weighted by molar-refractivity contribution is 0.227. The van der Waals surface area contributed by atoms with Crippen LogP contribution in [0.4, 0.5) is 5.69 Å². The van der Waals surface area contributed by atoms with Gasteiger partial charge in [0.1, 0.15) is 5.76 Å². The number of anilines is 1. The van der Waals surface area contributed by atoms with Gasteiger partial charge < -0.3 is 19.2 Å². The molecule has 1 aliphatic rings. The third-order valence-corrected chi connectivity index (χ3v) is 6.59. The van der Waals surface area contributed by atoms with Crippen molar-refractivity contribution in [3.8, 4) is 17.6 Å². The first-order valence-electron chi connectivity index (χ1n) is 12.0. The molecule has 36 heavy (non-hydrogen) atoms. The highest BCUT2D eigenvalue weighted by molar-refractivity contribution is 5.90. The molecule has 1 aliphatic heterocycles. The van der Waals surface area contributed by atoms with E-state index in [0.717, 1.165) is 41.9 Å². The molecule has 0 unspecified atom stereocenters. The molecule has 6 heteroatoms. The number of allylic oxidation sites excluding steroid dienone is 1. The Hall–Kier alpha value is -4.21. The number of nitriles is 1. The van der Waals surface area contributed by atoms with Crippen LogP contribution in [0, 0.1) is 11.3 Å². The number of methoxy groups -OCH3 is 2. The predicted molar refractivity (Wildman–Crippen MR) is 141 cm³/mol. The summed E-state index contributed by atoms with van der Waals surface area (Å²) >= 11 is 0. The Morgan fingerprint density at radius 2 is 1.83 bits per heavy atom. The van der Waals surface area contributed by atoms with Crippen LogP contribution in [-0.2, 0) is 25.9 Å². The highest BCUT2D eigenvalue weighted by Crippen LogP contribution is 2.40. The third-order valence-electron chi connectivity index (χ3n) is 6.59. The minimum absolute atomic E-state index is 0.434. The van der Waals surface area contributed by atoms with Gasteiger partial charge in [0.15, 0.2) is 11.3 Å². The zero-order chi connectivity index (χ0) is 24.9. The van der Waals surface area contributed by atoms with Crippen LogP contribution < -0.4 is 14.8 Å². The molecule has 0 saturated heterocycles. The Bertz CT molecular complexity index is 1430. The molecule has 3 aromatic carbocycles. The molecular weight excluding hydrogens is 450 g/mol. The fourth-order valence-electron chi connectivity index (χ4n) is 4.77. The molecule has 5 rings (SSSR count). The van der Waals surface area contributed by atoms with Gasteiger partial charge in [-0.1, -0.05) is 42.5 Å². The van der Waals surface area contributed by atoms with Gasteiger partial charge in [-0.15, -0.1) is 0 Å². The summed E-state index contributed by atoms with van der Waals surface area (Å²) in [6, 6.07) is 24.7. The zero-order valence-corrected chi connectivity index (χ0v) is 20.6. The van der Waals surface area contributed by atoms with Crippen molar-refractivity contribution in [1.29, 1.82) is 5.26 Å². The average molecular weight is 480 g/mol. The zero-order valence-electron chi connectivity index (χ0n) is 20.6. The number of nitrogens with zero attached hydrogens (tertiary/aromatic N) is 2. The van der Waals surface area contributed by atoms with Crippen LogP contribution in [0.1, 0.15) is 22.5 Å². The molecule has 4 aromatic rings. The molecular formula is C30H29N3O3. The second-order valence-electron chi connectivity index (χ2n) is 8.92. The molecule has 0 saturated carbocycles. The lowest BCUT2D eigenvalue weighted by Gasteiger charge is -2.27. The highest BCUT2D eigenvalue weighted by Gasteiger charge is 2.22. The monoisotopic (exact) mass is 479 g/mol. The number of nitrogens with one attached hydrogen (secondary N) is 1. The van der Waals surface area contributed by atoms with Crippen LogP contribution in [0.5, 0.6) is 11.5 Å². The van der Waals surface area contributed by atoms with Crippen molar-refractivity contribution in [2.24, 2.45) is 0 Å². The second-order valence-corrected chi connectivity index (χ2v) is 8.92. The largest absolute Gasteiger partial charge is 0.493 e. The first kappa shape index (κ1) is 23.5. The average Bonchev–Trinajstić information content (AvgIpc) is 3.34. The van der Waals surface area contributed by atoms with E-state index in [2.05, 4.69) is 46.6 Å². The molecule has 0 bridgehead atoms. The maximum absolute atomic E-state index is 9.82. The van der Waals surface area contributed by atoms with E-state index in [1.54, 1.807) is 20.4 Å². The van der Waals surface area contributed by atoms with Gasteiger partial charge >= 0.3 is 0 Å². The summed E-state index contributed by atoms with van der Waals surface area (Å²) in [5, 5.41) is 14.0. The topological polar surface area (TPSA) is 70.7 Å². The van der Waals surface area contributed by atoms with Gasteiger partial charge in [-0.3, -0.25) is 4.90 Å². The van der Waals surface area contributed by atoms with Crippen LogP contribution in [0.3, 0.4) is 0 Å². The van der Waals surface area contributed by atoms with Gasteiger partial charge in [-0.2, -0.15) is 5.26 Å². The number of ether oxygens (including phenoxy) is 2. The van der Waals surface area contributed by atoms with E-state index in [-0.39, 0.29) is 0 Å². The summed E-state index contributed by atoms with van der Waals surface area (Å²) in [4.78, 5) is 2.40. The number of rotatable bonds is 8. The Kier molecular flexibility index (Phi) is 6.92. The fourth-order valence-corrected chi connectivity index (χ4v) is 4.77. The maximum Gasteiger partial charge on any atom is 0.204 e. The fraction of sp³-hybridized carbons (Fsp3) is 0.233. The van der Waals surface area contributed by atoms with Crippen LogP contribution in [-0.4, -0.2) is 25.7 Å². The van der Waals surface area contributed by atoms with E-state index in [1.165, 1.54) is 11.1 Å². The summed E-state index contributed by atoms with van der Waals surface area (Å²) in [5.41, 5.74) is 5.91. The maximum atomic E-state index is 9.82. The van der Waals surface area contributed by atoms with Gasteiger partial charge in [0.05, 0.1) is 26.8 Å². The smallest absolute Gasteiger partial charge is 0.204 e. The predicted octanol–water partition coefficient (Wildman–Crippen LogP) is 6.07. The molecule has 2 heterocycles. The van der Waals surface area contributed by atoms with Crippen molar-refractivity contribution >= 4 is 16.7 Å².